The molecule has 2 N–H and O–H groups in total. The number of likely N-dealkylation sites (tertiary alicyclic amines) is 1. The molecule has 1 unspecified atom stereocenters. The SMILES string of the molecule is CCC(O)(COCC1CCCCC1)Cn1c(C#N)cc2cc(CN3CCC(Nc4ncnc5sc(CC(F)(F)F)cc45)CC3)ccc21. The number of rotatable bonds is 12. The topological polar surface area (TPSA) is 99.2 Å². The van der Waals surface area contributed by atoms with Crippen LogP contribution >= 0.6 is 11.3 Å². The van der Waals surface area contributed by atoms with E-state index in [-0.39, 0.29) is 17.5 Å². The number of alkyl halides is 3. The minimum atomic E-state index is -4.26. The number of benzene rings is 1. The van der Waals surface area contributed by atoms with Gasteiger partial charge < -0.3 is 19.7 Å². The van der Waals surface area contributed by atoms with Crippen LogP contribution in [0.5, 0.6) is 0 Å². The molecule has 1 aliphatic heterocycles. The Balaban J connectivity index is 1.05. The van der Waals surface area contributed by atoms with Crippen LogP contribution in [0, 0.1) is 17.2 Å². The van der Waals surface area contributed by atoms with Gasteiger partial charge in [-0.05, 0) is 67.9 Å². The van der Waals surface area contributed by atoms with Gasteiger partial charge >= 0.3 is 6.18 Å². The van der Waals surface area contributed by atoms with Crippen molar-refractivity contribution in [3.05, 3.63) is 52.8 Å². The average Bonchev–Trinajstić information content (AvgIpc) is 3.62. The Labute approximate surface area is 277 Å². The summed E-state index contributed by atoms with van der Waals surface area (Å²) in [5.74, 6) is 1.17. The van der Waals surface area contributed by atoms with Gasteiger partial charge in [0.2, 0.25) is 0 Å². The standard InChI is InChI=1S/C35H43F3N6O2S/c1-2-34(45,22-46-20-24-6-4-3-5-7-24)21-44-28(18-39)15-26-14-25(8-9-31(26)44)19-43-12-10-27(11-13-43)42-32-30-16-29(17-35(36,37)38)47-33(30)41-23-40-32/h8-9,14-16,23-24,27,45H,2-7,10-13,17,19-22H2,1H3,(H,40,41,42). The molecule has 0 bridgehead atoms. The maximum Gasteiger partial charge on any atom is 0.393 e. The van der Waals surface area contributed by atoms with Crippen LogP contribution in [0.3, 0.4) is 0 Å². The summed E-state index contributed by atoms with van der Waals surface area (Å²) in [5.41, 5.74) is 1.55. The summed E-state index contributed by atoms with van der Waals surface area (Å²) in [6.45, 7) is 5.69. The molecule has 1 aromatic carbocycles. The number of anilines is 1. The van der Waals surface area contributed by atoms with Crippen molar-refractivity contribution in [2.75, 3.05) is 31.6 Å². The van der Waals surface area contributed by atoms with E-state index in [2.05, 4.69) is 38.4 Å². The molecule has 6 rings (SSSR count). The minimum Gasteiger partial charge on any atom is -0.386 e. The molecule has 1 saturated carbocycles. The summed E-state index contributed by atoms with van der Waals surface area (Å²) in [7, 11) is 0. The van der Waals surface area contributed by atoms with Gasteiger partial charge in [0, 0.05) is 48.1 Å². The van der Waals surface area contributed by atoms with Crippen LogP contribution in [0.15, 0.2) is 36.7 Å². The van der Waals surface area contributed by atoms with Crippen molar-refractivity contribution >= 4 is 38.3 Å². The van der Waals surface area contributed by atoms with Crippen LogP contribution < -0.4 is 5.32 Å². The van der Waals surface area contributed by atoms with Crippen molar-refractivity contribution in [1.29, 1.82) is 5.26 Å². The van der Waals surface area contributed by atoms with Crippen LogP contribution in [0.4, 0.5) is 19.0 Å². The first-order chi connectivity index (χ1) is 22.6. The maximum atomic E-state index is 12.9. The van der Waals surface area contributed by atoms with Crippen LogP contribution in [0.2, 0.25) is 0 Å². The molecule has 8 nitrogen and oxygen atoms in total. The molecular weight excluding hydrogens is 625 g/mol. The van der Waals surface area contributed by atoms with E-state index < -0.39 is 18.2 Å². The second kappa shape index (κ2) is 14.5. The van der Waals surface area contributed by atoms with E-state index in [9.17, 15) is 23.5 Å². The first kappa shape index (κ1) is 33.7. The number of halogens is 3. The van der Waals surface area contributed by atoms with Crippen molar-refractivity contribution in [3.8, 4) is 6.07 Å². The van der Waals surface area contributed by atoms with Crippen molar-refractivity contribution < 1.29 is 23.0 Å². The third-order valence-corrected chi connectivity index (χ3v) is 10.8. The van der Waals surface area contributed by atoms with Crippen molar-refractivity contribution in [3.63, 3.8) is 0 Å². The molecule has 2 aliphatic rings. The van der Waals surface area contributed by atoms with Gasteiger partial charge in [-0.25, -0.2) is 9.97 Å². The van der Waals surface area contributed by atoms with E-state index in [1.165, 1.54) is 38.4 Å². The molecule has 4 aromatic rings. The lowest BCUT2D eigenvalue weighted by Crippen LogP contribution is -2.39. The van der Waals surface area contributed by atoms with E-state index in [0.717, 1.165) is 60.3 Å². The Morgan fingerprint density at radius 2 is 1.87 bits per heavy atom. The second-order valence-corrected chi connectivity index (χ2v) is 14.5. The molecule has 1 saturated heterocycles. The van der Waals surface area contributed by atoms with Gasteiger partial charge in [-0.2, -0.15) is 18.4 Å². The van der Waals surface area contributed by atoms with Gasteiger partial charge in [0.15, 0.2) is 0 Å². The van der Waals surface area contributed by atoms with E-state index in [1.54, 1.807) is 6.07 Å². The number of nitrogens with one attached hydrogen (secondary N) is 1. The molecule has 0 amide bonds. The number of thiophene rings is 1. The number of nitriles is 1. The fourth-order valence-electron chi connectivity index (χ4n) is 7.00. The van der Waals surface area contributed by atoms with Crippen molar-refractivity contribution in [2.24, 2.45) is 5.92 Å². The zero-order valence-corrected chi connectivity index (χ0v) is 27.7. The number of ether oxygens (including phenoxy) is 1. The lowest BCUT2D eigenvalue weighted by Gasteiger charge is -2.32. The monoisotopic (exact) mass is 668 g/mol. The second-order valence-electron chi connectivity index (χ2n) is 13.4. The Morgan fingerprint density at radius 3 is 2.60 bits per heavy atom. The summed E-state index contributed by atoms with van der Waals surface area (Å²) in [4.78, 5) is 11.7. The van der Waals surface area contributed by atoms with Crippen LogP contribution in [-0.2, 0) is 24.2 Å². The predicted octanol–water partition coefficient (Wildman–Crippen LogP) is 7.44. The van der Waals surface area contributed by atoms with Gasteiger partial charge in [0.1, 0.15) is 34.3 Å². The molecule has 47 heavy (non-hydrogen) atoms. The van der Waals surface area contributed by atoms with Gasteiger partial charge in [0.25, 0.3) is 0 Å². The quantitative estimate of drug-likeness (QED) is 0.162. The smallest absolute Gasteiger partial charge is 0.386 e. The molecule has 3 aromatic heterocycles. The lowest BCUT2D eigenvalue weighted by atomic mass is 9.90. The maximum absolute atomic E-state index is 12.9. The first-order valence-corrected chi connectivity index (χ1v) is 17.5. The predicted molar refractivity (Wildman–Crippen MR) is 178 cm³/mol. The number of fused-ring (bicyclic) bond motifs is 2. The highest BCUT2D eigenvalue weighted by Gasteiger charge is 2.30. The normalized spacial score (nSPS) is 18.5. The van der Waals surface area contributed by atoms with Gasteiger partial charge in [0.05, 0.1) is 25.0 Å². The molecule has 1 aliphatic carbocycles. The highest BCUT2D eigenvalue weighted by Crippen LogP contribution is 2.33. The largest absolute Gasteiger partial charge is 0.393 e. The third-order valence-electron chi connectivity index (χ3n) is 9.73. The van der Waals surface area contributed by atoms with Crippen LogP contribution in [0.1, 0.15) is 74.4 Å². The number of nitrogens with zero attached hydrogens (tertiary/aromatic N) is 5. The van der Waals surface area contributed by atoms with Gasteiger partial charge in [-0.1, -0.05) is 32.3 Å². The summed E-state index contributed by atoms with van der Waals surface area (Å²) in [6.07, 6.45) is 4.67. The Bertz CT molecular complexity index is 1700. The summed E-state index contributed by atoms with van der Waals surface area (Å²) in [5, 5.41) is 26.5. The summed E-state index contributed by atoms with van der Waals surface area (Å²) < 4.78 is 46.8. The highest BCUT2D eigenvalue weighted by molar-refractivity contribution is 7.18. The van der Waals surface area contributed by atoms with Crippen molar-refractivity contribution in [1.82, 2.24) is 19.4 Å². The molecule has 0 spiro atoms. The van der Waals surface area contributed by atoms with E-state index in [4.69, 9.17) is 4.74 Å². The minimum absolute atomic E-state index is 0.161. The Morgan fingerprint density at radius 1 is 1.09 bits per heavy atom. The van der Waals surface area contributed by atoms with Crippen LogP contribution in [0.25, 0.3) is 21.1 Å². The van der Waals surface area contributed by atoms with E-state index in [1.807, 2.05) is 23.6 Å². The lowest BCUT2D eigenvalue weighted by molar-refractivity contribution is -0.126. The summed E-state index contributed by atoms with van der Waals surface area (Å²) in [6, 6.07) is 12.2. The van der Waals surface area contributed by atoms with Crippen LogP contribution in [-0.4, -0.2) is 68.7 Å². The van der Waals surface area contributed by atoms with Gasteiger partial charge in [-0.3, -0.25) is 4.90 Å². The molecule has 252 valence electrons. The zero-order chi connectivity index (χ0) is 33.0. The van der Waals surface area contributed by atoms with Gasteiger partial charge in [-0.15, -0.1) is 11.3 Å². The van der Waals surface area contributed by atoms with E-state index >= 15 is 0 Å². The highest BCUT2D eigenvalue weighted by atomic mass is 32.1. The number of hydrogen-bond donors (Lipinski definition) is 2. The van der Waals surface area contributed by atoms with E-state index in [0.29, 0.717) is 47.2 Å². The third kappa shape index (κ3) is 8.44. The molecule has 2 fully saturated rings. The molecule has 1 atom stereocenters. The average molecular weight is 669 g/mol. The summed E-state index contributed by atoms with van der Waals surface area (Å²) >= 11 is 1.06. The number of piperidine rings is 1. The molecular formula is C35H43F3N6O2S. The number of aromatic nitrogens is 3. The fourth-order valence-corrected chi connectivity index (χ4v) is 8.02. The molecule has 0 radical (unpaired) electrons. The molecule has 12 heteroatoms. The first-order valence-electron chi connectivity index (χ1n) is 16.7. The number of hydrogen-bond acceptors (Lipinski definition) is 8. The van der Waals surface area contributed by atoms with Crippen molar-refractivity contribution in [2.45, 2.75) is 95.6 Å². The fraction of sp³-hybridized carbons (Fsp3) is 0.571. The molecule has 4 heterocycles. The number of aliphatic hydroxyl groups is 1. The Kier molecular flexibility index (Phi) is 10.4. The zero-order valence-electron chi connectivity index (χ0n) is 26.9. The Hall–Kier alpha value is -3.24.